The second-order valence-corrected chi connectivity index (χ2v) is 6.72. The van der Waals surface area contributed by atoms with Crippen LogP contribution in [0.3, 0.4) is 0 Å². The van der Waals surface area contributed by atoms with E-state index in [0.29, 0.717) is 5.56 Å². The van der Waals surface area contributed by atoms with Crippen LogP contribution in [0.1, 0.15) is 31.1 Å². The van der Waals surface area contributed by atoms with Crippen LogP contribution in [0.15, 0.2) is 47.2 Å². The van der Waals surface area contributed by atoms with Crippen LogP contribution in [-0.4, -0.2) is 16.4 Å². The standard InChI is InChI=1S/C16H18BrN3O/c1-16(2,3)20-14-7-11(9-18-10-14)15(21)19-13-6-4-5-12(17)8-13/h4-10,20H,1-3H3,(H,19,21). The largest absolute Gasteiger partial charge is 0.379 e. The van der Waals surface area contributed by atoms with Crippen LogP contribution in [0.4, 0.5) is 11.4 Å². The van der Waals surface area contributed by atoms with Gasteiger partial charge in [0.25, 0.3) is 5.91 Å². The van der Waals surface area contributed by atoms with Gasteiger partial charge in [0.15, 0.2) is 0 Å². The summed E-state index contributed by atoms with van der Waals surface area (Å²) in [6.45, 7) is 6.17. The maximum Gasteiger partial charge on any atom is 0.257 e. The Kier molecular flexibility index (Phi) is 4.63. The van der Waals surface area contributed by atoms with Crippen molar-refractivity contribution in [2.75, 3.05) is 10.6 Å². The summed E-state index contributed by atoms with van der Waals surface area (Å²) in [5.74, 6) is -0.182. The third kappa shape index (κ3) is 4.86. The molecule has 1 aromatic heterocycles. The molecule has 2 rings (SSSR count). The summed E-state index contributed by atoms with van der Waals surface area (Å²) in [6, 6.07) is 9.27. The van der Waals surface area contributed by atoms with Crippen molar-refractivity contribution in [3.05, 3.63) is 52.8 Å². The van der Waals surface area contributed by atoms with Gasteiger partial charge < -0.3 is 10.6 Å². The third-order valence-electron chi connectivity index (χ3n) is 2.60. The van der Waals surface area contributed by atoms with Gasteiger partial charge in [-0.15, -0.1) is 0 Å². The van der Waals surface area contributed by atoms with Crippen molar-refractivity contribution >= 4 is 33.2 Å². The molecule has 0 aliphatic rings. The van der Waals surface area contributed by atoms with Gasteiger partial charge in [-0.25, -0.2) is 0 Å². The van der Waals surface area contributed by atoms with Crippen molar-refractivity contribution in [3.8, 4) is 0 Å². The molecule has 1 heterocycles. The molecule has 0 fully saturated rings. The molecule has 1 aromatic carbocycles. The molecule has 0 aliphatic heterocycles. The zero-order valence-electron chi connectivity index (χ0n) is 12.3. The van der Waals surface area contributed by atoms with Gasteiger partial charge in [0.05, 0.1) is 11.3 Å². The number of rotatable bonds is 3. The molecule has 1 amide bonds. The smallest absolute Gasteiger partial charge is 0.257 e. The van der Waals surface area contributed by atoms with E-state index in [-0.39, 0.29) is 11.4 Å². The van der Waals surface area contributed by atoms with Gasteiger partial charge in [-0.1, -0.05) is 22.0 Å². The molecule has 110 valence electrons. The summed E-state index contributed by atoms with van der Waals surface area (Å²) in [6.07, 6.45) is 3.27. The Morgan fingerprint density at radius 3 is 2.57 bits per heavy atom. The number of nitrogens with zero attached hydrogens (tertiary/aromatic N) is 1. The number of anilines is 2. The number of benzene rings is 1. The fourth-order valence-corrected chi connectivity index (χ4v) is 2.23. The number of pyridine rings is 1. The molecule has 0 spiro atoms. The molecular weight excluding hydrogens is 330 g/mol. The number of hydrogen-bond acceptors (Lipinski definition) is 3. The molecular formula is C16H18BrN3O. The molecule has 2 aromatic rings. The molecule has 0 saturated carbocycles. The minimum absolute atomic E-state index is 0.0823. The highest BCUT2D eigenvalue weighted by molar-refractivity contribution is 9.10. The van der Waals surface area contributed by atoms with E-state index in [1.54, 1.807) is 18.5 Å². The number of halogens is 1. The normalized spacial score (nSPS) is 11.0. The van der Waals surface area contributed by atoms with Gasteiger partial charge in [0.2, 0.25) is 0 Å². The number of aromatic nitrogens is 1. The molecule has 0 unspecified atom stereocenters. The molecule has 21 heavy (non-hydrogen) atoms. The van der Waals surface area contributed by atoms with Crippen molar-refractivity contribution in [1.82, 2.24) is 4.98 Å². The van der Waals surface area contributed by atoms with Gasteiger partial charge in [0.1, 0.15) is 0 Å². The molecule has 0 aliphatic carbocycles. The zero-order valence-corrected chi connectivity index (χ0v) is 13.9. The predicted molar refractivity (Wildman–Crippen MR) is 89.7 cm³/mol. The summed E-state index contributed by atoms with van der Waals surface area (Å²) >= 11 is 3.38. The van der Waals surface area contributed by atoms with E-state index in [2.05, 4.69) is 52.3 Å². The van der Waals surface area contributed by atoms with Crippen LogP contribution in [0.5, 0.6) is 0 Å². The van der Waals surface area contributed by atoms with Crippen LogP contribution in [0.2, 0.25) is 0 Å². The summed E-state index contributed by atoms with van der Waals surface area (Å²) in [7, 11) is 0. The van der Waals surface area contributed by atoms with Crippen LogP contribution in [0, 0.1) is 0 Å². The molecule has 2 N–H and O–H groups in total. The van der Waals surface area contributed by atoms with Crippen molar-refractivity contribution in [2.24, 2.45) is 0 Å². The second kappa shape index (κ2) is 6.26. The Morgan fingerprint density at radius 2 is 1.90 bits per heavy atom. The van der Waals surface area contributed by atoms with Crippen LogP contribution >= 0.6 is 15.9 Å². The molecule has 0 saturated heterocycles. The fourth-order valence-electron chi connectivity index (χ4n) is 1.83. The number of carbonyl (C=O) groups is 1. The van der Waals surface area contributed by atoms with Crippen molar-refractivity contribution < 1.29 is 4.79 Å². The molecule has 4 nitrogen and oxygen atoms in total. The third-order valence-corrected chi connectivity index (χ3v) is 3.10. The van der Waals surface area contributed by atoms with E-state index < -0.39 is 0 Å². The fraction of sp³-hybridized carbons (Fsp3) is 0.250. The van der Waals surface area contributed by atoms with Gasteiger partial charge in [0, 0.05) is 28.1 Å². The first-order valence-electron chi connectivity index (χ1n) is 6.64. The highest BCUT2D eigenvalue weighted by Gasteiger charge is 2.12. The lowest BCUT2D eigenvalue weighted by Gasteiger charge is -2.22. The lowest BCUT2D eigenvalue weighted by molar-refractivity contribution is 0.102. The lowest BCUT2D eigenvalue weighted by Crippen LogP contribution is -2.26. The molecule has 0 radical (unpaired) electrons. The van der Waals surface area contributed by atoms with E-state index in [0.717, 1.165) is 15.8 Å². The maximum absolute atomic E-state index is 12.2. The summed E-state index contributed by atoms with van der Waals surface area (Å²) < 4.78 is 0.918. The summed E-state index contributed by atoms with van der Waals surface area (Å²) in [4.78, 5) is 16.4. The van der Waals surface area contributed by atoms with Gasteiger partial charge >= 0.3 is 0 Å². The van der Waals surface area contributed by atoms with Crippen molar-refractivity contribution in [1.29, 1.82) is 0 Å². The molecule has 0 bridgehead atoms. The SMILES string of the molecule is CC(C)(C)Nc1cncc(C(=O)Nc2cccc(Br)c2)c1. The number of nitrogens with one attached hydrogen (secondary N) is 2. The Balaban J connectivity index is 2.14. The number of hydrogen-bond donors (Lipinski definition) is 2. The Morgan fingerprint density at radius 1 is 1.14 bits per heavy atom. The van der Waals surface area contributed by atoms with Crippen LogP contribution in [0.25, 0.3) is 0 Å². The van der Waals surface area contributed by atoms with Gasteiger partial charge in [-0.05, 0) is 45.0 Å². The van der Waals surface area contributed by atoms with E-state index in [9.17, 15) is 4.79 Å². The first-order valence-corrected chi connectivity index (χ1v) is 7.43. The second-order valence-electron chi connectivity index (χ2n) is 5.80. The first kappa shape index (κ1) is 15.5. The van der Waals surface area contributed by atoms with Gasteiger partial charge in [-0.2, -0.15) is 0 Å². The monoisotopic (exact) mass is 347 g/mol. The van der Waals surface area contributed by atoms with Crippen molar-refractivity contribution in [3.63, 3.8) is 0 Å². The molecule has 5 heteroatoms. The first-order chi connectivity index (χ1) is 9.83. The highest BCUT2D eigenvalue weighted by atomic mass is 79.9. The van der Waals surface area contributed by atoms with Crippen LogP contribution < -0.4 is 10.6 Å². The Bertz CT molecular complexity index is 650. The van der Waals surface area contributed by atoms with Crippen LogP contribution in [-0.2, 0) is 0 Å². The van der Waals surface area contributed by atoms with Gasteiger partial charge in [-0.3, -0.25) is 9.78 Å². The summed E-state index contributed by atoms with van der Waals surface area (Å²) in [5, 5.41) is 6.15. The van der Waals surface area contributed by atoms with E-state index in [1.807, 2.05) is 24.3 Å². The predicted octanol–water partition coefficient (Wildman–Crippen LogP) is 4.31. The topological polar surface area (TPSA) is 54.0 Å². The van der Waals surface area contributed by atoms with E-state index in [4.69, 9.17) is 0 Å². The highest BCUT2D eigenvalue weighted by Crippen LogP contribution is 2.18. The number of amides is 1. The average Bonchev–Trinajstić information content (AvgIpc) is 2.37. The average molecular weight is 348 g/mol. The molecule has 0 atom stereocenters. The van der Waals surface area contributed by atoms with E-state index >= 15 is 0 Å². The quantitative estimate of drug-likeness (QED) is 0.869. The zero-order chi connectivity index (χ0) is 15.5. The van der Waals surface area contributed by atoms with E-state index in [1.165, 1.54) is 0 Å². The summed E-state index contributed by atoms with van der Waals surface area (Å²) in [5.41, 5.74) is 2.00. The Labute approximate surface area is 133 Å². The maximum atomic E-state index is 12.2. The lowest BCUT2D eigenvalue weighted by atomic mass is 10.1. The number of carbonyl (C=O) groups excluding carboxylic acids is 1. The Hall–Kier alpha value is -1.88. The minimum Gasteiger partial charge on any atom is -0.379 e. The van der Waals surface area contributed by atoms with Crippen molar-refractivity contribution in [2.45, 2.75) is 26.3 Å². The minimum atomic E-state index is -0.182.